The lowest BCUT2D eigenvalue weighted by Crippen LogP contribution is -2.33. The highest BCUT2D eigenvalue weighted by molar-refractivity contribution is 9.10. The minimum absolute atomic E-state index is 0.0579. The largest absolute Gasteiger partial charge is 0.347 e. The summed E-state index contributed by atoms with van der Waals surface area (Å²) < 4.78 is 2.73. The molecule has 0 atom stereocenters. The number of halogens is 1. The molecule has 0 unspecified atom stereocenters. The molecule has 0 radical (unpaired) electrons. The monoisotopic (exact) mass is 440 g/mol. The van der Waals surface area contributed by atoms with E-state index in [4.69, 9.17) is 0 Å². The second-order valence-corrected chi connectivity index (χ2v) is 7.33. The summed E-state index contributed by atoms with van der Waals surface area (Å²) in [4.78, 5) is 24.1. The van der Waals surface area contributed by atoms with Crippen molar-refractivity contribution in [3.63, 3.8) is 0 Å². The second kappa shape index (κ2) is 9.32. The van der Waals surface area contributed by atoms with Crippen LogP contribution >= 0.6 is 15.9 Å². The van der Waals surface area contributed by atoms with Gasteiger partial charge in [0, 0.05) is 22.8 Å². The summed E-state index contributed by atoms with van der Waals surface area (Å²) in [7, 11) is 0. The van der Waals surface area contributed by atoms with E-state index >= 15 is 0 Å². The number of hydrogen-bond acceptors (Lipinski definition) is 3. The number of para-hydroxylation sites is 1. The summed E-state index contributed by atoms with van der Waals surface area (Å²) in [5, 5.41) is 9.77. The van der Waals surface area contributed by atoms with Crippen LogP contribution in [-0.2, 0) is 16.0 Å². The fraction of sp³-hybridized carbons (Fsp3) is 0.190. The lowest BCUT2D eigenvalue weighted by molar-refractivity contribution is -0.124. The number of aryl methyl sites for hydroxylation is 2. The number of carbonyl (C=O) groups excluding carboxylic acids is 2. The van der Waals surface area contributed by atoms with E-state index in [2.05, 4.69) is 31.7 Å². The van der Waals surface area contributed by atoms with Gasteiger partial charge in [-0.25, -0.2) is 4.68 Å². The van der Waals surface area contributed by atoms with Crippen molar-refractivity contribution in [3.8, 4) is 5.69 Å². The predicted molar refractivity (Wildman–Crippen MR) is 112 cm³/mol. The molecule has 6 nitrogen and oxygen atoms in total. The van der Waals surface area contributed by atoms with Gasteiger partial charge in [-0.3, -0.25) is 9.59 Å². The molecule has 2 amide bonds. The number of nitrogens with zero attached hydrogens (tertiary/aromatic N) is 2. The van der Waals surface area contributed by atoms with Gasteiger partial charge in [0.05, 0.1) is 18.4 Å². The van der Waals surface area contributed by atoms with Crippen LogP contribution in [0.25, 0.3) is 5.69 Å². The number of benzene rings is 2. The molecule has 144 valence electrons. The maximum absolute atomic E-state index is 12.0. The number of amides is 2. The zero-order valence-electron chi connectivity index (χ0n) is 15.5. The fourth-order valence-corrected chi connectivity index (χ4v) is 3.17. The zero-order valence-corrected chi connectivity index (χ0v) is 17.1. The van der Waals surface area contributed by atoms with Crippen molar-refractivity contribution in [1.82, 2.24) is 15.1 Å². The van der Waals surface area contributed by atoms with E-state index in [0.717, 1.165) is 27.0 Å². The van der Waals surface area contributed by atoms with Crippen molar-refractivity contribution in [1.29, 1.82) is 0 Å². The lowest BCUT2D eigenvalue weighted by Gasteiger charge is -2.09. The van der Waals surface area contributed by atoms with Crippen LogP contribution in [0, 0.1) is 6.92 Å². The molecular weight excluding hydrogens is 420 g/mol. The minimum atomic E-state index is -0.254. The molecule has 0 saturated carbocycles. The van der Waals surface area contributed by atoms with Crippen molar-refractivity contribution in [3.05, 3.63) is 76.5 Å². The van der Waals surface area contributed by atoms with Gasteiger partial charge in [-0.15, -0.1) is 0 Å². The van der Waals surface area contributed by atoms with Crippen molar-refractivity contribution in [2.45, 2.75) is 19.8 Å². The van der Waals surface area contributed by atoms with Crippen LogP contribution in [0.4, 0.5) is 5.69 Å². The minimum Gasteiger partial charge on any atom is -0.347 e. The smallest absolute Gasteiger partial charge is 0.243 e. The Bertz CT molecular complexity index is 970. The molecule has 0 aliphatic rings. The van der Waals surface area contributed by atoms with E-state index in [9.17, 15) is 9.59 Å². The Kier molecular flexibility index (Phi) is 6.60. The van der Waals surface area contributed by atoms with E-state index < -0.39 is 0 Å². The molecule has 0 aliphatic heterocycles. The number of anilines is 1. The Morgan fingerprint density at radius 1 is 1.11 bits per heavy atom. The van der Waals surface area contributed by atoms with Gasteiger partial charge in [0.1, 0.15) is 0 Å². The summed E-state index contributed by atoms with van der Waals surface area (Å²) in [5.41, 5.74) is 3.62. The van der Waals surface area contributed by atoms with Crippen molar-refractivity contribution in [2.24, 2.45) is 0 Å². The molecule has 28 heavy (non-hydrogen) atoms. The first-order valence-corrected chi connectivity index (χ1v) is 9.72. The van der Waals surface area contributed by atoms with Crippen molar-refractivity contribution < 1.29 is 9.59 Å². The predicted octanol–water partition coefficient (Wildman–Crippen LogP) is 3.63. The third-order valence-electron chi connectivity index (χ3n) is 4.21. The molecule has 2 N–H and O–H groups in total. The maximum atomic E-state index is 12.0. The molecule has 0 bridgehead atoms. The van der Waals surface area contributed by atoms with Crippen LogP contribution in [0.3, 0.4) is 0 Å². The molecule has 1 heterocycles. The molecule has 0 aliphatic carbocycles. The van der Waals surface area contributed by atoms with Gasteiger partial charge in [-0.05, 0) is 54.8 Å². The summed E-state index contributed by atoms with van der Waals surface area (Å²) in [6.45, 7) is 1.85. The average molecular weight is 441 g/mol. The zero-order chi connectivity index (χ0) is 19.9. The average Bonchev–Trinajstić information content (AvgIpc) is 3.17. The van der Waals surface area contributed by atoms with Gasteiger partial charge < -0.3 is 10.6 Å². The van der Waals surface area contributed by atoms with Gasteiger partial charge >= 0.3 is 0 Å². The lowest BCUT2D eigenvalue weighted by atomic mass is 10.2. The molecular formula is C21H21BrN4O2. The Labute approximate surface area is 172 Å². The van der Waals surface area contributed by atoms with Crippen LogP contribution in [0.1, 0.15) is 17.5 Å². The molecule has 7 heteroatoms. The number of nitrogens with one attached hydrogen (secondary N) is 2. The topological polar surface area (TPSA) is 76.0 Å². The number of carbonyl (C=O) groups is 2. The normalized spacial score (nSPS) is 10.5. The molecule has 2 aromatic carbocycles. The van der Waals surface area contributed by atoms with Crippen LogP contribution < -0.4 is 10.6 Å². The molecule has 1 aromatic heterocycles. The Morgan fingerprint density at radius 3 is 2.64 bits per heavy atom. The van der Waals surface area contributed by atoms with Gasteiger partial charge in [-0.2, -0.15) is 5.10 Å². The van der Waals surface area contributed by atoms with Crippen LogP contribution in [0.15, 0.2) is 65.4 Å². The van der Waals surface area contributed by atoms with E-state index in [1.165, 1.54) is 0 Å². The third kappa shape index (κ3) is 5.53. The third-order valence-corrected chi connectivity index (χ3v) is 4.70. The first-order valence-electron chi connectivity index (χ1n) is 8.93. The van der Waals surface area contributed by atoms with Gasteiger partial charge in [0.25, 0.3) is 0 Å². The van der Waals surface area contributed by atoms with Crippen LogP contribution in [0.2, 0.25) is 0 Å². The van der Waals surface area contributed by atoms with E-state index in [0.29, 0.717) is 12.8 Å². The maximum Gasteiger partial charge on any atom is 0.243 e. The highest BCUT2D eigenvalue weighted by Crippen LogP contribution is 2.19. The van der Waals surface area contributed by atoms with Crippen molar-refractivity contribution in [2.75, 3.05) is 11.9 Å². The summed E-state index contributed by atoms with van der Waals surface area (Å²) in [6.07, 6.45) is 4.52. The van der Waals surface area contributed by atoms with Gasteiger partial charge in [0.15, 0.2) is 0 Å². The Balaban J connectivity index is 1.43. The second-order valence-electron chi connectivity index (χ2n) is 6.41. The number of hydrogen-bond donors (Lipinski definition) is 2. The molecule has 0 fully saturated rings. The Morgan fingerprint density at radius 2 is 1.89 bits per heavy atom. The fourth-order valence-electron chi connectivity index (χ4n) is 2.70. The van der Waals surface area contributed by atoms with Crippen LogP contribution in [0.5, 0.6) is 0 Å². The standard InChI is InChI=1S/C21H21BrN4O2/c1-15-11-17(22)8-9-19(15)25-21(28)13-23-20(27)10-7-16-12-24-26(14-16)18-5-3-2-4-6-18/h2-6,8-9,11-12,14H,7,10,13H2,1H3,(H,23,27)(H,25,28). The summed E-state index contributed by atoms with van der Waals surface area (Å²) >= 11 is 3.39. The first kappa shape index (κ1) is 19.8. The molecule has 3 aromatic rings. The highest BCUT2D eigenvalue weighted by Gasteiger charge is 2.09. The quantitative estimate of drug-likeness (QED) is 0.588. The first-order chi connectivity index (χ1) is 13.5. The van der Waals surface area contributed by atoms with E-state index in [-0.39, 0.29) is 18.4 Å². The Hall–Kier alpha value is -2.93. The number of rotatable bonds is 7. The van der Waals surface area contributed by atoms with Crippen molar-refractivity contribution >= 4 is 33.4 Å². The van der Waals surface area contributed by atoms with E-state index in [1.54, 1.807) is 10.9 Å². The molecule has 3 rings (SSSR count). The highest BCUT2D eigenvalue weighted by atomic mass is 79.9. The van der Waals surface area contributed by atoms with Gasteiger partial charge in [0.2, 0.25) is 11.8 Å². The van der Waals surface area contributed by atoms with Gasteiger partial charge in [-0.1, -0.05) is 34.1 Å². The number of aromatic nitrogens is 2. The summed E-state index contributed by atoms with van der Waals surface area (Å²) in [6, 6.07) is 15.4. The SMILES string of the molecule is Cc1cc(Br)ccc1NC(=O)CNC(=O)CCc1cnn(-c2ccccc2)c1. The molecule has 0 spiro atoms. The van der Waals surface area contributed by atoms with Crippen LogP contribution in [-0.4, -0.2) is 28.1 Å². The summed E-state index contributed by atoms with van der Waals surface area (Å²) in [5.74, 6) is -0.425. The molecule has 0 saturated heterocycles. The van der Waals surface area contributed by atoms with E-state index in [1.807, 2.05) is 61.7 Å².